The summed E-state index contributed by atoms with van der Waals surface area (Å²) < 4.78 is 4.66. The van der Waals surface area contributed by atoms with Gasteiger partial charge in [0.25, 0.3) is 0 Å². The van der Waals surface area contributed by atoms with E-state index in [9.17, 15) is 4.79 Å². The normalized spacial score (nSPS) is 17.3. The van der Waals surface area contributed by atoms with Gasteiger partial charge in [-0.05, 0) is 43.3 Å². The molecule has 0 aliphatic carbocycles. The van der Waals surface area contributed by atoms with Crippen LogP contribution in [0.1, 0.15) is 37.1 Å². The van der Waals surface area contributed by atoms with Gasteiger partial charge in [0.1, 0.15) is 0 Å². The average Bonchev–Trinajstić information content (AvgIpc) is 3.16. The molecule has 1 atom stereocenters. The number of methoxy groups -OCH3 is 1. The van der Waals surface area contributed by atoms with Crippen LogP contribution in [0, 0.1) is 5.92 Å². The maximum absolute atomic E-state index is 11.2. The van der Waals surface area contributed by atoms with Gasteiger partial charge in [0.2, 0.25) is 0 Å². The lowest BCUT2D eigenvalue weighted by Crippen LogP contribution is -2.45. The van der Waals surface area contributed by atoms with Crippen molar-refractivity contribution < 1.29 is 9.53 Å². The summed E-state index contributed by atoms with van der Waals surface area (Å²) in [4.78, 5) is 19.4. The number of carbonyl (C=O) groups is 1. The Bertz CT molecular complexity index is 545. The Morgan fingerprint density at radius 1 is 1.42 bits per heavy atom. The minimum absolute atomic E-state index is 0. The number of carbonyl (C=O) groups excluding carboxylic acids is 1. The molecule has 8 heteroatoms. The average molecular weight is 494 g/mol. The molecule has 1 saturated heterocycles. The van der Waals surface area contributed by atoms with Crippen molar-refractivity contribution in [3.8, 4) is 0 Å². The van der Waals surface area contributed by atoms with E-state index in [-0.39, 0.29) is 29.9 Å². The van der Waals surface area contributed by atoms with Crippen molar-refractivity contribution in [2.45, 2.75) is 32.2 Å². The Morgan fingerprint density at radius 2 is 2.15 bits per heavy atom. The minimum Gasteiger partial charge on any atom is -0.469 e. The van der Waals surface area contributed by atoms with Crippen molar-refractivity contribution in [2.75, 3.05) is 40.3 Å². The maximum Gasteiger partial charge on any atom is 0.307 e. The summed E-state index contributed by atoms with van der Waals surface area (Å²) in [5, 5.41) is 8.72. The Kier molecular flexibility index (Phi) is 11.1. The predicted molar refractivity (Wildman–Crippen MR) is 118 cm³/mol. The summed E-state index contributed by atoms with van der Waals surface area (Å²) in [6.07, 6.45) is 2.84. The highest BCUT2D eigenvalue weighted by atomic mass is 127. The second-order valence-electron chi connectivity index (χ2n) is 6.46. The summed E-state index contributed by atoms with van der Waals surface area (Å²) in [6, 6.07) is 4.68. The molecule has 1 fully saturated rings. The summed E-state index contributed by atoms with van der Waals surface area (Å²) in [7, 11) is 3.15. The number of thiophene rings is 1. The molecule has 2 heterocycles. The fraction of sp³-hybridized carbons (Fsp3) is 0.667. The summed E-state index contributed by atoms with van der Waals surface area (Å²) in [6.45, 7) is 5.92. The van der Waals surface area contributed by atoms with Crippen molar-refractivity contribution in [3.63, 3.8) is 0 Å². The van der Waals surface area contributed by atoms with E-state index >= 15 is 0 Å². The van der Waals surface area contributed by atoms with Crippen molar-refractivity contribution in [1.29, 1.82) is 0 Å². The van der Waals surface area contributed by atoms with E-state index in [2.05, 4.69) is 49.7 Å². The van der Waals surface area contributed by atoms with E-state index < -0.39 is 0 Å². The summed E-state index contributed by atoms with van der Waals surface area (Å²) in [5.74, 6) is 1.32. The van der Waals surface area contributed by atoms with Gasteiger partial charge >= 0.3 is 5.97 Å². The number of nitrogens with zero attached hydrogens (tertiary/aromatic N) is 2. The number of halogens is 1. The van der Waals surface area contributed by atoms with Crippen LogP contribution in [0.3, 0.4) is 0 Å². The number of likely N-dealkylation sites (tertiary alicyclic amines) is 1. The molecular formula is C18H31IN4O2S. The van der Waals surface area contributed by atoms with Crippen LogP contribution < -0.4 is 10.6 Å². The van der Waals surface area contributed by atoms with Gasteiger partial charge in [-0.15, -0.1) is 35.3 Å². The van der Waals surface area contributed by atoms with Crippen LogP contribution in [0.15, 0.2) is 22.5 Å². The molecule has 0 bridgehead atoms. The fourth-order valence-corrected chi connectivity index (χ4v) is 3.89. The minimum atomic E-state index is -0.221. The largest absolute Gasteiger partial charge is 0.469 e. The molecule has 0 radical (unpaired) electrons. The standard InChI is InChI=1S/C18H30N4O2S.HI/c1-14-7-10-22(11-8-14)15(16-5-4-12-25-16)13-21-18(19-2)20-9-6-17(23)24-3;/h4-5,12,14-15H,6-11,13H2,1-3H3,(H2,19,20,21);1H. The third-order valence-corrected chi connectivity index (χ3v) is 5.64. The van der Waals surface area contributed by atoms with Crippen LogP contribution in [0.25, 0.3) is 0 Å². The van der Waals surface area contributed by atoms with Gasteiger partial charge in [0.15, 0.2) is 5.96 Å². The van der Waals surface area contributed by atoms with Gasteiger partial charge in [0, 0.05) is 25.0 Å². The zero-order valence-corrected chi connectivity index (χ0v) is 19.0. The summed E-state index contributed by atoms with van der Waals surface area (Å²) in [5.41, 5.74) is 0. The number of ether oxygens (including phenoxy) is 1. The highest BCUT2D eigenvalue weighted by Gasteiger charge is 2.25. The molecule has 1 aliphatic heterocycles. The van der Waals surface area contributed by atoms with Crippen LogP contribution >= 0.6 is 35.3 Å². The first kappa shape index (κ1) is 23.2. The zero-order valence-electron chi connectivity index (χ0n) is 15.9. The van der Waals surface area contributed by atoms with Gasteiger partial charge in [0.05, 0.1) is 19.6 Å². The SMILES string of the molecule is CN=C(NCCC(=O)OC)NCC(c1cccs1)N1CCC(C)CC1.I. The highest BCUT2D eigenvalue weighted by Crippen LogP contribution is 2.28. The monoisotopic (exact) mass is 494 g/mol. The first-order chi connectivity index (χ1) is 12.1. The number of hydrogen-bond donors (Lipinski definition) is 2. The van der Waals surface area contributed by atoms with Crippen molar-refractivity contribution in [3.05, 3.63) is 22.4 Å². The van der Waals surface area contributed by atoms with Crippen molar-refractivity contribution >= 4 is 47.2 Å². The molecule has 2 N–H and O–H groups in total. The number of aliphatic imine (C=N–C) groups is 1. The fourth-order valence-electron chi connectivity index (χ4n) is 3.03. The Balaban J connectivity index is 0.00000338. The Hall–Kier alpha value is -0.870. The van der Waals surface area contributed by atoms with Gasteiger partial charge in [-0.3, -0.25) is 14.7 Å². The van der Waals surface area contributed by atoms with Crippen LogP contribution in [0.5, 0.6) is 0 Å². The third-order valence-electron chi connectivity index (χ3n) is 4.67. The lowest BCUT2D eigenvalue weighted by Gasteiger charge is -2.36. The molecule has 1 aliphatic rings. The molecule has 0 spiro atoms. The first-order valence-electron chi connectivity index (χ1n) is 8.92. The second-order valence-corrected chi connectivity index (χ2v) is 7.44. The number of esters is 1. The molecule has 1 unspecified atom stereocenters. The number of nitrogens with one attached hydrogen (secondary N) is 2. The third kappa shape index (κ3) is 7.40. The molecule has 0 saturated carbocycles. The number of hydrogen-bond acceptors (Lipinski definition) is 5. The quantitative estimate of drug-likeness (QED) is 0.264. The smallest absolute Gasteiger partial charge is 0.307 e. The van der Waals surface area contributed by atoms with Gasteiger partial charge in [-0.1, -0.05) is 13.0 Å². The second kappa shape index (κ2) is 12.5. The number of piperidine rings is 1. The lowest BCUT2D eigenvalue weighted by atomic mass is 9.97. The Morgan fingerprint density at radius 3 is 2.73 bits per heavy atom. The number of guanidine groups is 1. The maximum atomic E-state index is 11.2. The van der Waals surface area contributed by atoms with Crippen LogP contribution in [-0.2, 0) is 9.53 Å². The van der Waals surface area contributed by atoms with Gasteiger partial charge in [-0.25, -0.2) is 0 Å². The van der Waals surface area contributed by atoms with Crippen LogP contribution in [-0.4, -0.2) is 57.2 Å². The molecular weight excluding hydrogens is 463 g/mol. The molecule has 26 heavy (non-hydrogen) atoms. The predicted octanol–water partition coefficient (Wildman–Crippen LogP) is 2.87. The molecule has 1 aromatic heterocycles. The molecule has 1 aromatic rings. The number of rotatable bonds is 7. The first-order valence-corrected chi connectivity index (χ1v) is 9.80. The molecule has 2 rings (SSSR count). The summed E-state index contributed by atoms with van der Waals surface area (Å²) >= 11 is 1.81. The van der Waals surface area contributed by atoms with Gasteiger partial charge < -0.3 is 15.4 Å². The van der Waals surface area contributed by atoms with E-state index in [1.54, 1.807) is 18.4 Å². The van der Waals surface area contributed by atoms with E-state index in [0.717, 1.165) is 31.5 Å². The van der Waals surface area contributed by atoms with Crippen molar-refractivity contribution in [2.24, 2.45) is 10.9 Å². The highest BCUT2D eigenvalue weighted by molar-refractivity contribution is 14.0. The topological polar surface area (TPSA) is 66.0 Å². The van der Waals surface area contributed by atoms with Gasteiger partial charge in [-0.2, -0.15) is 0 Å². The molecule has 148 valence electrons. The lowest BCUT2D eigenvalue weighted by molar-refractivity contribution is -0.140. The zero-order chi connectivity index (χ0) is 18.1. The molecule has 0 aromatic carbocycles. The molecule has 6 nitrogen and oxygen atoms in total. The van der Waals surface area contributed by atoms with E-state index in [4.69, 9.17) is 0 Å². The van der Waals surface area contributed by atoms with E-state index in [0.29, 0.717) is 19.0 Å². The van der Waals surface area contributed by atoms with Crippen molar-refractivity contribution in [1.82, 2.24) is 15.5 Å². The molecule has 0 amide bonds. The Labute approximate surface area is 177 Å². The van der Waals surface area contributed by atoms with E-state index in [1.165, 1.54) is 24.8 Å². The van der Waals surface area contributed by atoms with Crippen LogP contribution in [0.2, 0.25) is 0 Å². The van der Waals surface area contributed by atoms with E-state index in [1.807, 2.05) is 0 Å². The van der Waals surface area contributed by atoms with Crippen LogP contribution in [0.4, 0.5) is 0 Å².